The molecule has 2 aliphatic heterocycles. The number of H-pyrrole nitrogens is 1. The SMILES string of the molecule is CC(CC(=O)c1cccc2cn[nH]c12)[C@H]1CC2(CCNCC2)Oc2ccc(Br)cc21. The van der Waals surface area contributed by atoms with Gasteiger partial charge in [-0.1, -0.05) is 35.0 Å². The molecule has 1 unspecified atom stereocenters. The number of ketones is 1. The Morgan fingerprint density at radius 3 is 2.97 bits per heavy atom. The highest BCUT2D eigenvalue weighted by Crippen LogP contribution is 2.49. The molecule has 2 aliphatic rings. The molecule has 0 amide bonds. The van der Waals surface area contributed by atoms with Crippen LogP contribution in [0.15, 0.2) is 47.1 Å². The number of rotatable bonds is 4. The maximum Gasteiger partial charge on any atom is 0.165 e. The number of carbonyl (C=O) groups excluding carboxylic acids is 1. The molecule has 5 rings (SSSR count). The lowest BCUT2D eigenvalue weighted by Gasteiger charge is -2.46. The second kappa shape index (κ2) is 7.82. The van der Waals surface area contributed by atoms with Crippen LogP contribution in [0.25, 0.3) is 10.9 Å². The summed E-state index contributed by atoms with van der Waals surface area (Å²) in [5.74, 6) is 1.64. The molecule has 0 aliphatic carbocycles. The molecular weight excluding hydrogens is 442 g/mol. The largest absolute Gasteiger partial charge is 0.487 e. The van der Waals surface area contributed by atoms with Crippen molar-refractivity contribution in [2.24, 2.45) is 5.92 Å². The summed E-state index contributed by atoms with van der Waals surface area (Å²) in [7, 11) is 0. The van der Waals surface area contributed by atoms with Gasteiger partial charge < -0.3 is 10.1 Å². The zero-order valence-electron chi connectivity index (χ0n) is 17.1. The van der Waals surface area contributed by atoms with Gasteiger partial charge in [0.15, 0.2) is 5.78 Å². The first-order valence-electron chi connectivity index (χ1n) is 10.7. The van der Waals surface area contributed by atoms with Crippen molar-refractivity contribution in [3.63, 3.8) is 0 Å². The fourth-order valence-electron chi connectivity index (χ4n) is 5.13. The molecule has 0 bridgehead atoms. The number of piperidine rings is 1. The highest BCUT2D eigenvalue weighted by atomic mass is 79.9. The summed E-state index contributed by atoms with van der Waals surface area (Å²) in [4.78, 5) is 13.3. The van der Waals surface area contributed by atoms with E-state index < -0.39 is 0 Å². The lowest BCUT2D eigenvalue weighted by atomic mass is 9.72. The first kappa shape index (κ1) is 19.8. The highest BCUT2D eigenvalue weighted by molar-refractivity contribution is 9.10. The highest BCUT2D eigenvalue weighted by Gasteiger charge is 2.43. The standard InChI is InChI=1S/C24H26BrN3O2/c1-15(11-21(29)18-4-2-3-16-14-27-28-23(16)18)20-13-24(7-9-26-10-8-24)30-22-6-5-17(25)12-19(20)22/h2-6,12,14-15,20,26H,7-11,13H2,1H3,(H,27,28)/t15?,20-/m1/s1. The Labute approximate surface area is 184 Å². The molecule has 0 saturated carbocycles. The van der Waals surface area contributed by atoms with E-state index in [9.17, 15) is 4.79 Å². The average Bonchev–Trinajstić information content (AvgIpc) is 3.23. The summed E-state index contributed by atoms with van der Waals surface area (Å²) in [6.07, 6.45) is 5.24. The number of hydrogen-bond acceptors (Lipinski definition) is 4. The van der Waals surface area contributed by atoms with E-state index >= 15 is 0 Å². The van der Waals surface area contributed by atoms with Crippen LogP contribution in [0.2, 0.25) is 0 Å². The van der Waals surface area contributed by atoms with Crippen molar-refractivity contribution < 1.29 is 9.53 Å². The molecule has 0 radical (unpaired) electrons. The number of aromatic nitrogens is 2. The van der Waals surface area contributed by atoms with Crippen LogP contribution < -0.4 is 10.1 Å². The van der Waals surface area contributed by atoms with Gasteiger partial charge in [-0.15, -0.1) is 0 Å². The molecule has 1 saturated heterocycles. The zero-order valence-corrected chi connectivity index (χ0v) is 18.7. The average molecular weight is 468 g/mol. The first-order valence-corrected chi connectivity index (χ1v) is 11.5. The summed E-state index contributed by atoms with van der Waals surface area (Å²) < 4.78 is 7.63. The van der Waals surface area contributed by atoms with Gasteiger partial charge >= 0.3 is 0 Å². The summed E-state index contributed by atoms with van der Waals surface area (Å²) in [5.41, 5.74) is 2.65. The van der Waals surface area contributed by atoms with E-state index in [1.54, 1.807) is 6.20 Å². The molecule has 2 atom stereocenters. The van der Waals surface area contributed by atoms with Crippen LogP contribution in [0.5, 0.6) is 5.75 Å². The molecule has 2 aromatic carbocycles. The minimum absolute atomic E-state index is 0.128. The van der Waals surface area contributed by atoms with Crippen LogP contribution >= 0.6 is 15.9 Å². The van der Waals surface area contributed by atoms with Crippen molar-refractivity contribution in [2.75, 3.05) is 13.1 Å². The van der Waals surface area contributed by atoms with E-state index in [0.717, 1.165) is 59.0 Å². The van der Waals surface area contributed by atoms with E-state index in [4.69, 9.17) is 4.74 Å². The fourth-order valence-corrected chi connectivity index (χ4v) is 5.51. The van der Waals surface area contributed by atoms with E-state index in [-0.39, 0.29) is 23.2 Å². The van der Waals surface area contributed by atoms with Crippen molar-refractivity contribution in [1.29, 1.82) is 0 Å². The molecule has 1 spiro atoms. The third-order valence-electron chi connectivity index (χ3n) is 6.78. The molecule has 1 aromatic heterocycles. The summed E-state index contributed by atoms with van der Waals surface area (Å²) >= 11 is 3.62. The van der Waals surface area contributed by atoms with Gasteiger partial charge in [0.1, 0.15) is 11.4 Å². The summed E-state index contributed by atoms with van der Waals surface area (Å²) in [6, 6.07) is 12.1. The van der Waals surface area contributed by atoms with Crippen LogP contribution in [0.3, 0.4) is 0 Å². The van der Waals surface area contributed by atoms with Gasteiger partial charge in [0, 0.05) is 21.8 Å². The number of nitrogens with zero attached hydrogens (tertiary/aromatic N) is 1. The van der Waals surface area contributed by atoms with Crippen molar-refractivity contribution >= 4 is 32.6 Å². The Bertz CT molecular complexity index is 1090. The number of fused-ring (bicyclic) bond motifs is 2. The number of carbonyl (C=O) groups is 1. The van der Waals surface area contributed by atoms with E-state index in [1.807, 2.05) is 24.3 Å². The van der Waals surface area contributed by atoms with Gasteiger partial charge in [0.05, 0.1) is 11.7 Å². The Kier molecular flexibility index (Phi) is 5.15. The maximum atomic E-state index is 13.3. The van der Waals surface area contributed by atoms with Crippen LogP contribution in [0.1, 0.15) is 54.4 Å². The van der Waals surface area contributed by atoms with Crippen molar-refractivity contribution in [2.45, 2.75) is 44.1 Å². The Morgan fingerprint density at radius 1 is 1.30 bits per heavy atom. The molecule has 5 nitrogen and oxygen atoms in total. The molecule has 1 fully saturated rings. The Balaban J connectivity index is 1.45. The second-order valence-electron chi connectivity index (χ2n) is 8.77. The second-order valence-corrected chi connectivity index (χ2v) is 9.69. The maximum absolute atomic E-state index is 13.3. The van der Waals surface area contributed by atoms with Crippen molar-refractivity contribution in [3.8, 4) is 5.75 Å². The number of hydrogen-bond donors (Lipinski definition) is 2. The lowest BCUT2D eigenvalue weighted by molar-refractivity contribution is 0.000457. The van der Waals surface area contributed by atoms with Crippen molar-refractivity contribution in [1.82, 2.24) is 15.5 Å². The number of ether oxygens (including phenoxy) is 1. The van der Waals surface area contributed by atoms with Gasteiger partial charge in [-0.3, -0.25) is 9.89 Å². The van der Waals surface area contributed by atoms with Gasteiger partial charge in [-0.05, 0) is 74.0 Å². The van der Waals surface area contributed by atoms with Crippen LogP contribution in [0.4, 0.5) is 0 Å². The molecule has 156 valence electrons. The number of halogens is 1. The van der Waals surface area contributed by atoms with Crippen LogP contribution in [-0.2, 0) is 0 Å². The van der Waals surface area contributed by atoms with Crippen LogP contribution in [-0.4, -0.2) is 34.7 Å². The third kappa shape index (κ3) is 3.56. The quantitative estimate of drug-likeness (QED) is 0.515. The van der Waals surface area contributed by atoms with Crippen molar-refractivity contribution in [3.05, 3.63) is 58.2 Å². The number of Topliss-reactive ketones (excluding diaryl/α,β-unsaturated/α-hetero) is 1. The molecule has 3 aromatic rings. The number of aromatic amines is 1. The van der Waals surface area contributed by atoms with E-state index in [0.29, 0.717) is 6.42 Å². The van der Waals surface area contributed by atoms with E-state index in [2.05, 4.69) is 50.5 Å². The zero-order chi connectivity index (χ0) is 20.7. The predicted molar refractivity (Wildman–Crippen MR) is 121 cm³/mol. The smallest absolute Gasteiger partial charge is 0.165 e. The van der Waals surface area contributed by atoms with Crippen LogP contribution in [0, 0.1) is 5.92 Å². The number of nitrogens with one attached hydrogen (secondary N) is 2. The monoisotopic (exact) mass is 467 g/mol. The predicted octanol–water partition coefficient (Wildman–Crippen LogP) is 5.22. The summed E-state index contributed by atoms with van der Waals surface area (Å²) in [6.45, 7) is 4.17. The third-order valence-corrected chi connectivity index (χ3v) is 7.27. The van der Waals surface area contributed by atoms with E-state index in [1.165, 1.54) is 5.56 Å². The summed E-state index contributed by atoms with van der Waals surface area (Å²) in [5, 5.41) is 11.5. The van der Waals surface area contributed by atoms with Gasteiger partial charge in [-0.2, -0.15) is 5.10 Å². The minimum atomic E-state index is -0.128. The van der Waals surface area contributed by atoms with Gasteiger partial charge in [-0.25, -0.2) is 0 Å². The fraction of sp³-hybridized carbons (Fsp3) is 0.417. The van der Waals surface area contributed by atoms with Gasteiger partial charge in [0.25, 0.3) is 0 Å². The molecular formula is C24H26BrN3O2. The Morgan fingerprint density at radius 2 is 2.13 bits per heavy atom. The topological polar surface area (TPSA) is 67.0 Å². The molecule has 6 heteroatoms. The molecule has 2 N–H and O–H groups in total. The molecule has 3 heterocycles. The lowest BCUT2D eigenvalue weighted by Crippen LogP contribution is -2.49. The Hall–Kier alpha value is -2.18. The number of benzene rings is 2. The van der Waals surface area contributed by atoms with Gasteiger partial charge in [0.2, 0.25) is 0 Å². The first-order chi connectivity index (χ1) is 14.5. The normalized spacial score (nSPS) is 21.2. The molecule has 30 heavy (non-hydrogen) atoms. The number of para-hydroxylation sites is 1. The minimum Gasteiger partial charge on any atom is -0.487 e.